The van der Waals surface area contributed by atoms with E-state index in [1.165, 1.54) is 13.2 Å². The van der Waals surface area contributed by atoms with Crippen molar-refractivity contribution in [2.24, 2.45) is 0 Å². The summed E-state index contributed by atoms with van der Waals surface area (Å²) < 4.78 is 20.5. The molecule has 0 unspecified atom stereocenters. The summed E-state index contributed by atoms with van der Waals surface area (Å²) in [7, 11) is 4.08. The zero-order valence-corrected chi connectivity index (χ0v) is 14.0. The first kappa shape index (κ1) is 18.1. The first-order valence-electron chi connectivity index (χ1n) is 7.20. The number of ether oxygens (including phenoxy) is 4. The molecule has 25 heavy (non-hydrogen) atoms. The molecule has 0 aliphatic rings. The van der Waals surface area contributed by atoms with Crippen LogP contribution in [-0.4, -0.2) is 32.2 Å². The third kappa shape index (κ3) is 4.17. The molecule has 0 saturated carbocycles. The van der Waals surface area contributed by atoms with Crippen molar-refractivity contribution in [3.8, 4) is 17.2 Å². The number of hydrogen-bond donors (Lipinski definition) is 0. The lowest BCUT2D eigenvalue weighted by Crippen LogP contribution is -2.07. The molecule has 0 aliphatic carbocycles. The normalized spacial score (nSPS) is 10.0. The van der Waals surface area contributed by atoms with Crippen LogP contribution in [0.5, 0.6) is 17.2 Å². The number of benzene rings is 2. The van der Waals surface area contributed by atoms with E-state index < -0.39 is 16.6 Å². The lowest BCUT2D eigenvalue weighted by molar-refractivity contribution is -0.385. The highest BCUT2D eigenvalue weighted by Gasteiger charge is 2.25. The topological polar surface area (TPSA) is 97.1 Å². The van der Waals surface area contributed by atoms with Gasteiger partial charge in [-0.15, -0.1) is 0 Å². The maximum atomic E-state index is 11.8. The number of nitro groups is 1. The Morgan fingerprint density at radius 3 is 2.24 bits per heavy atom. The van der Waals surface area contributed by atoms with Crippen molar-refractivity contribution in [3.63, 3.8) is 0 Å². The van der Waals surface area contributed by atoms with Gasteiger partial charge in [-0.25, -0.2) is 4.79 Å². The van der Waals surface area contributed by atoms with Gasteiger partial charge in [-0.2, -0.15) is 0 Å². The molecule has 2 aromatic rings. The summed E-state index contributed by atoms with van der Waals surface area (Å²) in [6.45, 7) is 0.179. The molecule has 0 radical (unpaired) electrons. The number of carbonyl (C=O) groups is 1. The monoisotopic (exact) mass is 347 g/mol. The van der Waals surface area contributed by atoms with E-state index in [0.717, 1.165) is 18.7 Å². The van der Waals surface area contributed by atoms with Gasteiger partial charge in [0.25, 0.3) is 5.69 Å². The second kappa shape index (κ2) is 8.00. The van der Waals surface area contributed by atoms with Gasteiger partial charge in [-0.3, -0.25) is 10.1 Å². The lowest BCUT2D eigenvalue weighted by Gasteiger charge is -2.12. The Hall–Kier alpha value is -3.29. The molecule has 0 spiro atoms. The third-order valence-corrected chi connectivity index (χ3v) is 3.44. The molecule has 0 saturated heterocycles. The van der Waals surface area contributed by atoms with Crippen LogP contribution in [0.1, 0.15) is 15.9 Å². The lowest BCUT2D eigenvalue weighted by atomic mass is 10.1. The average molecular weight is 347 g/mol. The van der Waals surface area contributed by atoms with Crippen molar-refractivity contribution in [1.82, 2.24) is 0 Å². The van der Waals surface area contributed by atoms with Crippen LogP contribution in [0.3, 0.4) is 0 Å². The van der Waals surface area contributed by atoms with Gasteiger partial charge in [-0.1, -0.05) is 12.1 Å². The molecule has 8 nitrogen and oxygen atoms in total. The molecule has 0 bridgehead atoms. The van der Waals surface area contributed by atoms with Crippen molar-refractivity contribution in [2.45, 2.75) is 6.61 Å². The first-order valence-corrected chi connectivity index (χ1v) is 7.20. The predicted octanol–water partition coefficient (Wildman–Crippen LogP) is 2.98. The molecule has 0 fully saturated rings. The van der Waals surface area contributed by atoms with E-state index in [-0.39, 0.29) is 23.7 Å². The van der Waals surface area contributed by atoms with E-state index in [4.69, 9.17) is 14.2 Å². The SMILES string of the molecule is COC(=O)c1cc(OCc2ccc(OC)cc2)c(OC)cc1[N+](=O)[O-]. The quantitative estimate of drug-likeness (QED) is 0.431. The molecule has 8 heteroatoms. The first-order chi connectivity index (χ1) is 12.0. The summed E-state index contributed by atoms with van der Waals surface area (Å²) >= 11 is 0. The molecule has 2 aromatic carbocycles. The van der Waals surface area contributed by atoms with Gasteiger partial charge in [-0.05, 0) is 17.7 Å². The summed E-state index contributed by atoms with van der Waals surface area (Å²) in [4.78, 5) is 22.3. The van der Waals surface area contributed by atoms with Gasteiger partial charge in [0.2, 0.25) is 0 Å². The molecule has 0 atom stereocenters. The van der Waals surface area contributed by atoms with Crippen molar-refractivity contribution in [3.05, 3.63) is 57.6 Å². The van der Waals surface area contributed by atoms with Crippen molar-refractivity contribution in [2.75, 3.05) is 21.3 Å². The van der Waals surface area contributed by atoms with Crippen molar-refractivity contribution in [1.29, 1.82) is 0 Å². The molecule has 0 aliphatic heterocycles. The van der Waals surface area contributed by atoms with Crippen LogP contribution in [0.4, 0.5) is 5.69 Å². The number of hydrogen-bond acceptors (Lipinski definition) is 7. The summed E-state index contributed by atoms with van der Waals surface area (Å²) in [6, 6.07) is 9.58. The third-order valence-electron chi connectivity index (χ3n) is 3.44. The molecular formula is C17H17NO7. The molecule has 0 amide bonds. The number of methoxy groups -OCH3 is 3. The highest BCUT2D eigenvalue weighted by Crippen LogP contribution is 2.35. The minimum atomic E-state index is -0.830. The minimum absolute atomic E-state index is 0.146. The Kier molecular flexibility index (Phi) is 5.78. The fourth-order valence-electron chi connectivity index (χ4n) is 2.13. The maximum absolute atomic E-state index is 11.8. The average Bonchev–Trinajstić information content (AvgIpc) is 2.65. The summed E-state index contributed by atoms with van der Waals surface area (Å²) in [5.74, 6) is 0.227. The van der Waals surface area contributed by atoms with Crippen LogP contribution >= 0.6 is 0 Å². The predicted molar refractivity (Wildman–Crippen MR) is 88.3 cm³/mol. The van der Waals surface area contributed by atoms with Crippen LogP contribution in [0.2, 0.25) is 0 Å². The van der Waals surface area contributed by atoms with Crippen molar-refractivity contribution >= 4 is 11.7 Å². The number of rotatable bonds is 7. The van der Waals surface area contributed by atoms with E-state index in [0.29, 0.717) is 5.75 Å². The zero-order chi connectivity index (χ0) is 18.4. The molecule has 0 heterocycles. The molecule has 0 aromatic heterocycles. The van der Waals surface area contributed by atoms with E-state index in [1.807, 2.05) is 12.1 Å². The molecule has 2 rings (SSSR count). The number of nitro benzene ring substituents is 1. The zero-order valence-electron chi connectivity index (χ0n) is 14.0. The summed E-state index contributed by atoms with van der Waals surface area (Å²) in [6.07, 6.45) is 0. The van der Waals surface area contributed by atoms with Gasteiger partial charge in [0, 0.05) is 6.07 Å². The van der Waals surface area contributed by atoms with Crippen LogP contribution in [0.15, 0.2) is 36.4 Å². The Labute approximate surface area is 144 Å². The Balaban J connectivity index is 2.31. The highest BCUT2D eigenvalue weighted by atomic mass is 16.6. The van der Waals surface area contributed by atoms with Gasteiger partial charge in [0.15, 0.2) is 11.5 Å². The van der Waals surface area contributed by atoms with Crippen LogP contribution in [0.25, 0.3) is 0 Å². The molecular weight excluding hydrogens is 330 g/mol. The van der Waals surface area contributed by atoms with Gasteiger partial charge >= 0.3 is 5.97 Å². The fourth-order valence-corrected chi connectivity index (χ4v) is 2.13. The van der Waals surface area contributed by atoms with Crippen molar-refractivity contribution < 1.29 is 28.7 Å². The largest absolute Gasteiger partial charge is 0.497 e. The fraction of sp³-hybridized carbons (Fsp3) is 0.235. The van der Waals surface area contributed by atoms with Crippen LogP contribution in [0, 0.1) is 10.1 Å². The number of nitrogens with zero attached hydrogens (tertiary/aromatic N) is 1. The number of carbonyl (C=O) groups excluding carboxylic acids is 1. The smallest absolute Gasteiger partial charge is 0.345 e. The van der Waals surface area contributed by atoms with Gasteiger partial charge in [0.1, 0.15) is 17.9 Å². The summed E-state index contributed by atoms with van der Waals surface area (Å²) in [5, 5.41) is 11.2. The minimum Gasteiger partial charge on any atom is -0.497 e. The van der Waals surface area contributed by atoms with E-state index in [9.17, 15) is 14.9 Å². The molecule has 0 N–H and O–H groups in total. The van der Waals surface area contributed by atoms with Gasteiger partial charge < -0.3 is 18.9 Å². The second-order valence-electron chi connectivity index (χ2n) is 4.91. The van der Waals surface area contributed by atoms with Gasteiger partial charge in [0.05, 0.1) is 32.3 Å². The summed E-state index contributed by atoms with van der Waals surface area (Å²) in [5.41, 5.74) is 0.222. The Bertz CT molecular complexity index is 771. The van der Waals surface area contributed by atoms with E-state index >= 15 is 0 Å². The molecule has 132 valence electrons. The standard InChI is InChI=1S/C17H17NO7/c1-22-12-6-4-11(5-7-12)10-25-16-8-13(17(19)24-3)14(18(20)21)9-15(16)23-2/h4-9H,10H2,1-3H3. The number of esters is 1. The van der Waals surface area contributed by atoms with Crippen LogP contribution < -0.4 is 14.2 Å². The maximum Gasteiger partial charge on any atom is 0.345 e. The Morgan fingerprint density at radius 2 is 1.72 bits per heavy atom. The van der Waals surface area contributed by atoms with Crippen LogP contribution in [-0.2, 0) is 11.3 Å². The van der Waals surface area contributed by atoms with E-state index in [1.54, 1.807) is 19.2 Å². The van der Waals surface area contributed by atoms with E-state index in [2.05, 4.69) is 4.74 Å². The highest BCUT2D eigenvalue weighted by molar-refractivity contribution is 5.94. The second-order valence-corrected chi connectivity index (χ2v) is 4.91. The Morgan fingerprint density at radius 1 is 1.04 bits per heavy atom.